The number of hydrogen-bond acceptors (Lipinski definition) is 4. The molecule has 0 amide bonds. The highest BCUT2D eigenvalue weighted by Gasteiger charge is 2.07. The molecule has 0 spiro atoms. The fourth-order valence-corrected chi connectivity index (χ4v) is 2.24. The van der Waals surface area contributed by atoms with Crippen LogP contribution in [-0.4, -0.2) is 22.3 Å². The summed E-state index contributed by atoms with van der Waals surface area (Å²) < 4.78 is 5.20. The Bertz CT molecular complexity index is 510. The second-order valence-electron chi connectivity index (χ2n) is 4.30. The first-order valence-corrected chi connectivity index (χ1v) is 6.85. The highest BCUT2D eigenvalue weighted by atomic mass is 32.2. The summed E-state index contributed by atoms with van der Waals surface area (Å²) in [6, 6.07) is 8.04. The zero-order valence-electron chi connectivity index (χ0n) is 10.8. The largest absolute Gasteiger partial charge is 0.497 e. The van der Waals surface area contributed by atoms with E-state index in [4.69, 9.17) is 4.74 Å². The van der Waals surface area contributed by atoms with E-state index in [1.807, 2.05) is 18.2 Å². The van der Waals surface area contributed by atoms with Crippen molar-refractivity contribution in [2.45, 2.75) is 30.7 Å². The lowest BCUT2D eigenvalue weighted by Gasteiger charge is -2.02. The van der Waals surface area contributed by atoms with Crippen molar-refractivity contribution in [3.05, 3.63) is 35.7 Å². The van der Waals surface area contributed by atoms with E-state index in [1.54, 1.807) is 18.9 Å². The predicted octanol–water partition coefficient (Wildman–Crippen LogP) is 3.23. The van der Waals surface area contributed by atoms with E-state index >= 15 is 0 Å². The molecule has 0 aliphatic carbocycles. The lowest BCUT2D eigenvalue weighted by molar-refractivity contribution is 0.414. The van der Waals surface area contributed by atoms with Crippen molar-refractivity contribution in [3.8, 4) is 5.75 Å². The minimum Gasteiger partial charge on any atom is -0.497 e. The smallest absolute Gasteiger partial charge is 0.208 e. The molecule has 0 saturated heterocycles. The van der Waals surface area contributed by atoms with Gasteiger partial charge in [0.2, 0.25) is 5.16 Å². The fourth-order valence-electron chi connectivity index (χ4n) is 1.49. The maximum atomic E-state index is 5.20. The Morgan fingerprint density at radius 1 is 1.39 bits per heavy atom. The molecule has 0 unspecified atom stereocenters. The van der Waals surface area contributed by atoms with Crippen LogP contribution in [0.15, 0.2) is 29.4 Å². The van der Waals surface area contributed by atoms with Gasteiger partial charge in [0.15, 0.2) is 0 Å². The van der Waals surface area contributed by atoms with E-state index in [1.165, 1.54) is 5.56 Å². The monoisotopic (exact) mass is 263 g/mol. The van der Waals surface area contributed by atoms with Crippen LogP contribution >= 0.6 is 11.8 Å². The van der Waals surface area contributed by atoms with Crippen LogP contribution in [0.5, 0.6) is 5.75 Å². The van der Waals surface area contributed by atoms with Gasteiger partial charge in [-0.3, -0.25) is 5.10 Å². The molecule has 0 aliphatic rings. The van der Waals surface area contributed by atoms with Gasteiger partial charge in [0, 0.05) is 11.7 Å². The summed E-state index contributed by atoms with van der Waals surface area (Å²) in [5, 5.41) is 7.94. The van der Waals surface area contributed by atoms with Crippen molar-refractivity contribution in [1.29, 1.82) is 0 Å². The highest BCUT2D eigenvalue weighted by molar-refractivity contribution is 7.98. The first-order valence-electron chi connectivity index (χ1n) is 5.87. The highest BCUT2D eigenvalue weighted by Crippen LogP contribution is 2.22. The molecular formula is C13H17N3OS. The molecule has 4 nitrogen and oxygen atoms in total. The lowest BCUT2D eigenvalue weighted by Crippen LogP contribution is -1.89. The predicted molar refractivity (Wildman–Crippen MR) is 73.0 cm³/mol. The number of benzene rings is 1. The third kappa shape index (κ3) is 3.26. The van der Waals surface area contributed by atoms with E-state index in [2.05, 4.69) is 35.1 Å². The average Bonchev–Trinajstić information content (AvgIpc) is 2.85. The van der Waals surface area contributed by atoms with Crippen LogP contribution in [0.1, 0.15) is 31.2 Å². The van der Waals surface area contributed by atoms with Crippen molar-refractivity contribution < 1.29 is 4.74 Å². The molecule has 96 valence electrons. The summed E-state index contributed by atoms with van der Waals surface area (Å²) in [6.45, 7) is 4.19. The number of nitrogens with zero attached hydrogens (tertiary/aromatic N) is 2. The van der Waals surface area contributed by atoms with Crippen LogP contribution in [0.25, 0.3) is 0 Å². The minimum atomic E-state index is 0.378. The zero-order chi connectivity index (χ0) is 13.0. The van der Waals surface area contributed by atoms with Gasteiger partial charge in [0.05, 0.1) is 7.11 Å². The first-order chi connectivity index (χ1) is 8.69. The Labute approximate surface area is 111 Å². The molecule has 2 rings (SSSR count). The van der Waals surface area contributed by atoms with Crippen LogP contribution in [0, 0.1) is 0 Å². The Kier molecular flexibility index (Phi) is 4.25. The zero-order valence-corrected chi connectivity index (χ0v) is 11.6. The van der Waals surface area contributed by atoms with E-state index < -0.39 is 0 Å². The third-order valence-corrected chi connectivity index (χ3v) is 3.45. The number of aromatic amines is 1. The number of ether oxygens (including phenoxy) is 1. The second-order valence-corrected chi connectivity index (χ2v) is 5.24. The third-order valence-electron chi connectivity index (χ3n) is 2.53. The number of H-pyrrole nitrogens is 1. The molecule has 0 radical (unpaired) electrons. The van der Waals surface area contributed by atoms with Crippen LogP contribution in [0.3, 0.4) is 0 Å². The van der Waals surface area contributed by atoms with Gasteiger partial charge in [-0.15, -0.1) is 5.10 Å². The molecule has 18 heavy (non-hydrogen) atoms. The Morgan fingerprint density at radius 2 is 2.22 bits per heavy atom. The summed E-state index contributed by atoms with van der Waals surface area (Å²) in [7, 11) is 1.68. The van der Waals surface area contributed by atoms with Crippen molar-refractivity contribution in [2.24, 2.45) is 0 Å². The molecule has 1 aromatic heterocycles. The molecule has 1 N–H and O–H groups in total. The van der Waals surface area contributed by atoms with Gasteiger partial charge in [-0.05, 0) is 17.7 Å². The minimum absolute atomic E-state index is 0.378. The Morgan fingerprint density at radius 3 is 2.89 bits per heavy atom. The maximum absolute atomic E-state index is 5.20. The molecule has 0 fully saturated rings. The molecule has 0 aliphatic heterocycles. The number of nitrogens with one attached hydrogen (secondary N) is 1. The van der Waals surface area contributed by atoms with Gasteiger partial charge in [0.25, 0.3) is 0 Å². The molecule has 2 aromatic rings. The standard InChI is InChI=1S/C13H17N3OS/c1-9(2)12-14-13(16-15-12)18-8-10-5-4-6-11(7-10)17-3/h4-7,9H,8H2,1-3H3,(H,14,15,16). The normalized spacial score (nSPS) is 10.9. The van der Waals surface area contributed by atoms with E-state index in [9.17, 15) is 0 Å². The maximum Gasteiger partial charge on any atom is 0.208 e. The second kappa shape index (κ2) is 5.91. The quantitative estimate of drug-likeness (QED) is 0.841. The summed E-state index contributed by atoms with van der Waals surface area (Å²) in [4.78, 5) is 4.43. The van der Waals surface area contributed by atoms with Crippen molar-refractivity contribution in [1.82, 2.24) is 15.2 Å². The van der Waals surface area contributed by atoms with E-state index in [0.717, 1.165) is 22.5 Å². The van der Waals surface area contributed by atoms with E-state index in [0.29, 0.717) is 5.92 Å². The van der Waals surface area contributed by atoms with Gasteiger partial charge in [-0.25, -0.2) is 4.98 Å². The SMILES string of the molecule is COc1cccc(CSc2n[nH]c(C(C)C)n2)c1. The number of hydrogen-bond donors (Lipinski definition) is 1. The van der Waals surface area contributed by atoms with E-state index in [-0.39, 0.29) is 0 Å². The summed E-state index contributed by atoms with van der Waals surface area (Å²) in [5.41, 5.74) is 1.20. The van der Waals surface area contributed by atoms with Crippen molar-refractivity contribution in [2.75, 3.05) is 7.11 Å². The molecular weight excluding hydrogens is 246 g/mol. The lowest BCUT2D eigenvalue weighted by atomic mass is 10.2. The van der Waals surface area contributed by atoms with Crippen LogP contribution in [0.4, 0.5) is 0 Å². The van der Waals surface area contributed by atoms with Crippen LogP contribution in [-0.2, 0) is 5.75 Å². The molecule has 0 bridgehead atoms. The number of aromatic nitrogens is 3. The number of thioether (sulfide) groups is 1. The number of rotatable bonds is 5. The fraction of sp³-hybridized carbons (Fsp3) is 0.385. The van der Waals surface area contributed by atoms with Crippen molar-refractivity contribution in [3.63, 3.8) is 0 Å². The van der Waals surface area contributed by atoms with Crippen LogP contribution in [0.2, 0.25) is 0 Å². The summed E-state index contributed by atoms with van der Waals surface area (Å²) >= 11 is 1.62. The summed E-state index contributed by atoms with van der Waals surface area (Å²) in [6.07, 6.45) is 0. The first kappa shape index (κ1) is 13.0. The summed E-state index contributed by atoms with van der Waals surface area (Å²) in [5.74, 6) is 3.03. The molecule has 0 atom stereocenters. The Balaban J connectivity index is 1.97. The molecule has 0 saturated carbocycles. The van der Waals surface area contributed by atoms with Gasteiger partial charge in [-0.2, -0.15) is 0 Å². The van der Waals surface area contributed by atoms with Gasteiger partial charge in [0.1, 0.15) is 11.6 Å². The van der Waals surface area contributed by atoms with Gasteiger partial charge >= 0.3 is 0 Å². The molecule has 1 aromatic carbocycles. The molecule has 5 heteroatoms. The Hall–Kier alpha value is -1.49. The van der Waals surface area contributed by atoms with Crippen LogP contribution < -0.4 is 4.74 Å². The van der Waals surface area contributed by atoms with Gasteiger partial charge in [-0.1, -0.05) is 37.7 Å². The van der Waals surface area contributed by atoms with Gasteiger partial charge < -0.3 is 4.74 Å². The average molecular weight is 263 g/mol. The molecule has 1 heterocycles. The topological polar surface area (TPSA) is 50.8 Å². The van der Waals surface area contributed by atoms with Crippen molar-refractivity contribution >= 4 is 11.8 Å². The number of methoxy groups -OCH3 is 1.